The van der Waals surface area contributed by atoms with Crippen LogP contribution in [0, 0.1) is 11.8 Å². The molecular formula is C16H22O4S. The van der Waals surface area contributed by atoms with Crippen molar-refractivity contribution in [1.29, 1.82) is 0 Å². The van der Waals surface area contributed by atoms with E-state index in [1.807, 2.05) is 13.0 Å². The van der Waals surface area contributed by atoms with E-state index in [9.17, 15) is 13.2 Å². The second kappa shape index (κ2) is 6.60. The van der Waals surface area contributed by atoms with Crippen molar-refractivity contribution < 1.29 is 17.9 Å². The quantitative estimate of drug-likeness (QED) is 0.726. The third-order valence-corrected chi connectivity index (χ3v) is 5.88. The molecule has 1 aromatic rings. The van der Waals surface area contributed by atoms with Crippen LogP contribution in [0.3, 0.4) is 0 Å². The summed E-state index contributed by atoms with van der Waals surface area (Å²) in [5, 5.41) is 0. The molecule has 1 aliphatic carbocycles. The number of hydrogen-bond acceptors (Lipinski definition) is 4. The van der Waals surface area contributed by atoms with Gasteiger partial charge < -0.3 is 4.74 Å². The topological polar surface area (TPSA) is 60.4 Å². The fourth-order valence-electron chi connectivity index (χ4n) is 2.64. The fraction of sp³-hybridized carbons (Fsp3) is 0.562. The zero-order chi connectivity index (χ0) is 15.5. The highest BCUT2D eigenvalue weighted by Crippen LogP contribution is 2.42. The van der Waals surface area contributed by atoms with Crippen LogP contribution in [0.15, 0.2) is 29.2 Å². The van der Waals surface area contributed by atoms with E-state index in [1.54, 1.807) is 18.2 Å². The van der Waals surface area contributed by atoms with Crippen LogP contribution >= 0.6 is 0 Å². The second-order valence-corrected chi connectivity index (χ2v) is 7.74. The zero-order valence-corrected chi connectivity index (χ0v) is 13.4. The van der Waals surface area contributed by atoms with Crippen molar-refractivity contribution in [3.63, 3.8) is 0 Å². The van der Waals surface area contributed by atoms with Gasteiger partial charge in [0.25, 0.3) is 0 Å². The molecule has 1 saturated carbocycles. The SMILES string of the molecule is CCCS(=O)(=O)c1cccc(CCC2CC2C(=O)OC)c1. The highest BCUT2D eigenvalue weighted by molar-refractivity contribution is 7.91. The first kappa shape index (κ1) is 16.0. The average Bonchev–Trinajstić information content (AvgIpc) is 3.24. The van der Waals surface area contributed by atoms with Crippen LogP contribution in [-0.4, -0.2) is 27.2 Å². The summed E-state index contributed by atoms with van der Waals surface area (Å²) in [6, 6.07) is 7.16. The van der Waals surface area contributed by atoms with Crippen LogP contribution in [0.2, 0.25) is 0 Å². The van der Waals surface area contributed by atoms with Crippen molar-refractivity contribution in [3.05, 3.63) is 29.8 Å². The van der Waals surface area contributed by atoms with Gasteiger partial charge in [-0.25, -0.2) is 8.42 Å². The molecule has 0 saturated heterocycles. The van der Waals surface area contributed by atoms with Gasteiger partial charge in [-0.2, -0.15) is 0 Å². The predicted octanol–water partition coefficient (Wildman–Crippen LogP) is 2.61. The van der Waals surface area contributed by atoms with Crippen LogP contribution in [0.25, 0.3) is 0 Å². The first-order chi connectivity index (χ1) is 9.97. The van der Waals surface area contributed by atoms with Gasteiger partial charge in [-0.05, 0) is 49.3 Å². The van der Waals surface area contributed by atoms with Crippen LogP contribution in [0.4, 0.5) is 0 Å². The summed E-state index contributed by atoms with van der Waals surface area (Å²) in [5.74, 6) is 0.485. The van der Waals surface area contributed by atoms with Crippen molar-refractivity contribution in [1.82, 2.24) is 0 Å². The predicted molar refractivity (Wildman–Crippen MR) is 80.7 cm³/mol. The molecule has 1 fully saturated rings. The Balaban J connectivity index is 1.95. The molecule has 0 radical (unpaired) electrons. The number of carbonyl (C=O) groups is 1. The van der Waals surface area contributed by atoms with E-state index in [1.165, 1.54) is 7.11 Å². The summed E-state index contributed by atoms with van der Waals surface area (Å²) in [6.07, 6.45) is 3.21. The molecular weight excluding hydrogens is 288 g/mol. The molecule has 0 bridgehead atoms. The van der Waals surface area contributed by atoms with Crippen molar-refractivity contribution in [3.8, 4) is 0 Å². The maximum absolute atomic E-state index is 12.1. The number of esters is 1. The van der Waals surface area contributed by atoms with Crippen molar-refractivity contribution >= 4 is 15.8 Å². The lowest BCUT2D eigenvalue weighted by Crippen LogP contribution is -2.06. The van der Waals surface area contributed by atoms with E-state index in [0.717, 1.165) is 24.8 Å². The van der Waals surface area contributed by atoms with E-state index in [4.69, 9.17) is 4.74 Å². The van der Waals surface area contributed by atoms with Crippen molar-refractivity contribution in [2.45, 2.75) is 37.5 Å². The zero-order valence-electron chi connectivity index (χ0n) is 12.5. The van der Waals surface area contributed by atoms with E-state index < -0.39 is 9.84 Å². The first-order valence-electron chi connectivity index (χ1n) is 7.37. The normalized spacial score (nSPS) is 21.0. The Morgan fingerprint density at radius 1 is 1.38 bits per heavy atom. The lowest BCUT2D eigenvalue weighted by Gasteiger charge is -2.06. The standard InChI is InChI=1S/C16H22O4S/c1-3-9-21(18,19)14-6-4-5-12(10-14)7-8-13-11-15(13)16(17)20-2/h4-6,10,13,15H,3,7-9,11H2,1-2H3. The van der Waals surface area contributed by atoms with Crippen LogP contribution < -0.4 is 0 Å². The lowest BCUT2D eigenvalue weighted by atomic mass is 10.1. The Morgan fingerprint density at radius 2 is 2.14 bits per heavy atom. The van der Waals surface area contributed by atoms with Crippen molar-refractivity contribution in [2.75, 3.05) is 12.9 Å². The number of aryl methyl sites for hydroxylation is 1. The monoisotopic (exact) mass is 310 g/mol. The Morgan fingerprint density at radius 3 is 2.81 bits per heavy atom. The molecule has 2 atom stereocenters. The van der Waals surface area contributed by atoms with Gasteiger partial charge in [0.05, 0.1) is 23.7 Å². The third-order valence-electron chi connectivity index (χ3n) is 3.96. The second-order valence-electron chi connectivity index (χ2n) is 5.63. The maximum Gasteiger partial charge on any atom is 0.308 e. The van der Waals surface area contributed by atoms with E-state index in [2.05, 4.69) is 0 Å². The molecule has 1 aromatic carbocycles. The number of sulfone groups is 1. The molecule has 1 aliphatic rings. The van der Waals surface area contributed by atoms with Crippen molar-refractivity contribution in [2.24, 2.45) is 11.8 Å². The number of rotatable bonds is 7. The number of benzene rings is 1. The highest BCUT2D eigenvalue weighted by atomic mass is 32.2. The summed E-state index contributed by atoms with van der Waals surface area (Å²) in [4.78, 5) is 11.8. The highest BCUT2D eigenvalue weighted by Gasteiger charge is 2.43. The van der Waals surface area contributed by atoms with Gasteiger partial charge in [-0.15, -0.1) is 0 Å². The Labute approximate surface area is 126 Å². The Hall–Kier alpha value is -1.36. The molecule has 2 unspecified atom stereocenters. The minimum absolute atomic E-state index is 0.0435. The minimum atomic E-state index is -3.16. The molecule has 21 heavy (non-hydrogen) atoms. The fourth-order valence-corrected chi connectivity index (χ4v) is 4.03. The molecule has 2 rings (SSSR count). The molecule has 0 N–H and O–H groups in total. The van der Waals surface area contributed by atoms with E-state index in [0.29, 0.717) is 17.2 Å². The minimum Gasteiger partial charge on any atom is -0.469 e. The number of carbonyl (C=O) groups excluding carboxylic acids is 1. The molecule has 0 amide bonds. The summed E-state index contributed by atoms with van der Waals surface area (Å²) < 4.78 is 28.8. The number of ether oxygens (including phenoxy) is 1. The molecule has 0 aromatic heterocycles. The largest absolute Gasteiger partial charge is 0.469 e. The third kappa shape index (κ3) is 4.06. The van der Waals surface area contributed by atoms with Gasteiger partial charge in [0.15, 0.2) is 9.84 Å². The molecule has 5 heteroatoms. The number of methoxy groups -OCH3 is 1. The maximum atomic E-state index is 12.1. The molecule has 116 valence electrons. The molecule has 0 aliphatic heterocycles. The molecule has 4 nitrogen and oxygen atoms in total. The van der Waals surface area contributed by atoms with E-state index in [-0.39, 0.29) is 17.6 Å². The van der Waals surface area contributed by atoms with Gasteiger partial charge in [-0.3, -0.25) is 4.79 Å². The summed E-state index contributed by atoms with van der Waals surface area (Å²) in [7, 11) is -1.74. The van der Waals surface area contributed by atoms with Gasteiger partial charge >= 0.3 is 5.97 Å². The Bertz CT molecular complexity index is 606. The summed E-state index contributed by atoms with van der Waals surface area (Å²) >= 11 is 0. The summed E-state index contributed by atoms with van der Waals surface area (Å²) in [5.41, 5.74) is 1.02. The lowest BCUT2D eigenvalue weighted by molar-refractivity contribution is -0.142. The van der Waals surface area contributed by atoms with Crippen LogP contribution in [-0.2, 0) is 25.8 Å². The van der Waals surface area contributed by atoms with Gasteiger partial charge in [-0.1, -0.05) is 19.1 Å². The first-order valence-corrected chi connectivity index (χ1v) is 9.02. The summed E-state index contributed by atoms with van der Waals surface area (Å²) in [6.45, 7) is 1.86. The molecule has 0 heterocycles. The van der Waals surface area contributed by atoms with Gasteiger partial charge in [0.1, 0.15) is 0 Å². The van der Waals surface area contributed by atoms with E-state index >= 15 is 0 Å². The van der Waals surface area contributed by atoms with Gasteiger partial charge in [0.2, 0.25) is 0 Å². The van der Waals surface area contributed by atoms with Gasteiger partial charge in [0, 0.05) is 0 Å². The smallest absolute Gasteiger partial charge is 0.308 e. The average molecular weight is 310 g/mol. The number of hydrogen-bond donors (Lipinski definition) is 0. The molecule has 0 spiro atoms. The Kier molecular flexibility index (Phi) is 5.04. The van der Waals surface area contributed by atoms with Crippen LogP contribution in [0.5, 0.6) is 0 Å². The van der Waals surface area contributed by atoms with Crippen LogP contribution in [0.1, 0.15) is 31.7 Å².